The molecule has 0 aliphatic heterocycles. The maximum absolute atomic E-state index is 9.62. The Hall–Kier alpha value is -0.200. The van der Waals surface area contributed by atoms with E-state index >= 15 is 0 Å². The van der Waals surface area contributed by atoms with Crippen molar-refractivity contribution < 1.29 is 13.9 Å². The molecule has 0 radical (unpaired) electrons. The van der Waals surface area contributed by atoms with Crippen LogP contribution in [-0.4, -0.2) is 24.8 Å². The predicted octanol–water partition coefficient (Wildman–Crippen LogP) is 1.81. The zero-order valence-corrected chi connectivity index (χ0v) is 7.97. The molecular weight excluding hydrogens is 165 g/mol. The molecule has 0 aromatic rings. The fourth-order valence-corrected chi connectivity index (χ4v) is 2.07. The number of hydrogen-bond acceptors (Lipinski definition) is 3. The second-order valence-electron chi connectivity index (χ2n) is 2.19. The molecule has 0 aliphatic carbocycles. The van der Waals surface area contributed by atoms with Gasteiger partial charge in [0.2, 0.25) is 0 Å². The van der Waals surface area contributed by atoms with Crippen molar-refractivity contribution in [1.29, 1.82) is 0 Å². The molecule has 0 amide bonds. The van der Waals surface area contributed by atoms with Crippen molar-refractivity contribution in [2.75, 3.05) is 19.9 Å². The van der Waals surface area contributed by atoms with Crippen LogP contribution < -0.4 is 0 Å². The minimum atomic E-state index is -3.89. The zero-order valence-electron chi connectivity index (χ0n) is 7.07. The van der Waals surface area contributed by atoms with Crippen LogP contribution in [0.25, 0.3) is 4.62 Å². The van der Waals surface area contributed by atoms with Gasteiger partial charge in [-0.05, 0) is 0 Å². The predicted molar refractivity (Wildman–Crippen MR) is 44.9 cm³/mol. The van der Waals surface area contributed by atoms with Gasteiger partial charge in [0.1, 0.15) is 0 Å². The topological polar surface area (TPSA) is 43.0 Å². The van der Waals surface area contributed by atoms with Gasteiger partial charge < -0.3 is 0 Å². The van der Waals surface area contributed by atoms with Crippen LogP contribution in [0.4, 0.5) is 0 Å². The van der Waals surface area contributed by atoms with Gasteiger partial charge >= 0.3 is 66.3 Å². The van der Waals surface area contributed by atoms with Crippen molar-refractivity contribution in [2.45, 2.75) is 13.8 Å². The Bertz CT molecular complexity index is 165. The first-order valence-corrected chi connectivity index (χ1v) is 5.85. The molecule has 0 bridgehead atoms. The summed E-state index contributed by atoms with van der Waals surface area (Å²) in [6, 6.07) is 0. The van der Waals surface area contributed by atoms with E-state index in [1.54, 1.807) is 13.8 Å². The number of hydrogen-bond donors (Lipinski definition) is 1. The van der Waals surface area contributed by atoms with E-state index in [-0.39, 0.29) is 13.2 Å². The van der Waals surface area contributed by atoms with Crippen LogP contribution in [0.15, 0.2) is 0 Å². The van der Waals surface area contributed by atoms with Gasteiger partial charge in [-0.1, -0.05) is 0 Å². The van der Waals surface area contributed by atoms with Gasteiger partial charge in [-0.25, -0.2) is 0 Å². The summed E-state index contributed by atoms with van der Waals surface area (Å²) in [7, 11) is -3.89. The molecule has 0 atom stereocenters. The van der Waals surface area contributed by atoms with Crippen molar-refractivity contribution in [3.63, 3.8) is 0 Å². The van der Waals surface area contributed by atoms with Gasteiger partial charge in [0.25, 0.3) is 0 Å². The van der Waals surface area contributed by atoms with E-state index in [4.69, 9.17) is 15.6 Å². The van der Waals surface area contributed by atoms with Crippen molar-refractivity contribution >= 4 is 7.43 Å². The Morgan fingerprint density at radius 3 is 1.91 bits per heavy atom. The molecule has 0 saturated carbocycles. The molecule has 0 rings (SSSR count). The van der Waals surface area contributed by atoms with E-state index in [0.29, 0.717) is 0 Å². The molecule has 0 unspecified atom stereocenters. The van der Waals surface area contributed by atoms with Gasteiger partial charge in [-0.3, -0.25) is 0 Å². The van der Waals surface area contributed by atoms with Crippen LogP contribution in [0.1, 0.15) is 13.8 Å². The third-order valence-electron chi connectivity index (χ3n) is 1.08. The van der Waals surface area contributed by atoms with Gasteiger partial charge in [0.05, 0.1) is 0 Å². The molecule has 5 heteroatoms. The van der Waals surface area contributed by atoms with E-state index in [1.807, 2.05) is 0 Å². The van der Waals surface area contributed by atoms with Crippen molar-refractivity contribution in [3.8, 4) is 0 Å². The summed E-state index contributed by atoms with van der Waals surface area (Å²) < 4.78 is 12.9. The monoisotopic (exact) mass is 179 g/mol. The second-order valence-corrected chi connectivity index (χ2v) is 5.42. The molecular formula is C6H14NO3P. The standard InChI is InChI=1S/C6H14NO3P/c1-5-9-11(4,8,7-3)10-6-2/h8H,5-6H2,1-2,4H3. The first kappa shape index (κ1) is 10.8. The molecule has 0 fully saturated rings. The fourth-order valence-electron chi connectivity index (χ4n) is 0.690. The Morgan fingerprint density at radius 2 is 1.73 bits per heavy atom. The van der Waals surface area contributed by atoms with Gasteiger partial charge in [0, 0.05) is 0 Å². The Kier molecular flexibility index (Phi) is 3.40. The maximum atomic E-state index is 9.62. The summed E-state index contributed by atoms with van der Waals surface area (Å²) in [6.07, 6.45) is 0. The molecule has 4 nitrogen and oxygen atoms in total. The molecule has 0 heterocycles. The van der Waals surface area contributed by atoms with Crippen molar-refractivity contribution in [1.82, 2.24) is 0 Å². The minimum absolute atomic E-state index is 0.285. The van der Waals surface area contributed by atoms with Crippen LogP contribution in [0, 0.1) is 6.57 Å². The molecule has 0 saturated heterocycles. The summed E-state index contributed by atoms with van der Waals surface area (Å²) >= 11 is 0. The molecule has 0 spiro atoms. The van der Waals surface area contributed by atoms with E-state index in [0.717, 1.165) is 0 Å². The average molecular weight is 179 g/mol. The van der Waals surface area contributed by atoms with Gasteiger partial charge in [-0.15, -0.1) is 0 Å². The summed E-state index contributed by atoms with van der Waals surface area (Å²) in [6.45, 7) is 12.1. The quantitative estimate of drug-likeness (QED) is 0.528. The van der Waals surface area contributed by atoms with Crippen LogP contribution in [0.5, 0.6) is 0 Å². The number of rotatable bonds is 4. The first-order valence-electron chi connectivity index (χ1n) is 3.43. The van der Waals surface area contributed by atoms with Crippen LogP contribution >= 0.6 is 7.43 Å². The zero-order chi connectivity index (χ0) is 8.98. The summed E-state index contributed by atoms with van der Waals surface area (Å²) in [5.74, 6) is 0. The van der Waals surface area contributed by atoms with Gasteiger partial charge in [-0.2, -0.15) is 0 Å². The van der Waals surface area contributed by atoms with Gasteiger partial charge in [0.15, 0.2) is 0 Å². The molecule has 0 aliphatic rings. The second kappa shape index (κ2) is 3.46. The molecule has 1 N–H and O–H groups in total. The third kappa shape index (κ3) is 3.13. The average Bonchev–Trinajstić information content (AvgIpc) is 1.89. The Balaban J connectivity index is 4.40. The van der Waals surface area contributed by atoms with Crippen LogP contribution in [0.3, 0.4) is 0 Å². The molecule has 0 aromatic heterocycles. The van der Waals surface area contributed by atoms with Crippen LogP contribution in [0.2, 0.25) is 0 Å². The normalized spacial score (nSPS) is 15.0. The van der Waals surface area contributed by atoms with Crippen LogP contribution in [-0.2, 0) is 9.05 Å². The summed E-state index contributed by atoms with van der Waals surface area (Å²) in [4.78, 5) is 9.62. The Morgan fingerprint density at radius 1 is 1.36 bits per heavy atom. The van der Waals surface area contributed by atoms with Crippen molar-refractivity contribution in [3.05, 3.63) is 11.2 Å². The van der Waals surface area contributed by atoms with E-state index in [2.05, 4.69) is 4.62 Å². The van der Waals surface area contributed by atoms with Crippen molar-refractivity contribution in [2.24, 2.45) is 0 Å². The SMILES string of the molecule is [C-]#[N+]P(C)(O)(OCC)OCC. The Labute approximate surface area is 67.2 Å². The molecule has 11 heavy (non-hydrogen) atoms. The summed E-state index contributed by atoms with van der Waals surface area (Å²) in [5, 5.41) is 0. The first-order chi connectivity index (χ1) is 4.96. The third-order valence-corrected chi connectivity index (χ3v) is 3.24. The van der Waals surface area contributed by atoms with E-state index in [1.165, 1.54) is 6.66 Å². The van der Waals surface area contributed by atoms with E-state index in [9.17, 15) is 4.89 Å². The molecule has 0 aromatic carbocycles. The number of nitrogens with zero attached hydrogens (tertiary/aromatic N) is 1. The summed E-state index contributed by atoms with van der Waals surface area (Å²) in [5.41, 5.74) is 0. The molecule has 66 valence electrons. The fraction of sp³-hybridized carbons (Fsp3) is 0.833. The van der Waals surface area contributed by atoms with E-state index < -0.39 is 7.43 Å².